The van der Waals surface area contributed by atoms with Crippen LogP contribution in [-0.2, 0) is 0 Å². The number of aryl methyl sites for hydroxylation is 1. The fraction of sp³-hybridized carbons (Fsp3) is 0.235. The van der Waals surface area contributed by atoms with E-state index in [1.165, 1.54) is 6.07 Å². The summed E-state index contributed by atoms with van der Waals surface area (Å²) >= 11 is 1.60. The molecule has 1 N–H and O–H groups in total. The Labute approximate surface area is 131 Å². The molecule has 2 heterocycles. The van der Waals surface area contributed by atoms with Crippen LogP contribution in [0.5, 0.6) is 0 Å². The topological polar surface area (TPSA) is 42.2 Å². The molecule has 3 nitrogen and oxygen atoms in total. The summed E-state index contributed by atoms with van der Waals surface area (Å²) in [6, 6.07) is 8.58. The lowest BCUT2D eigenvalue weighted by Crippen LogP contribution is -2.27. The van der Waals surface area contributed by atoms with E-state index >= 15 is 0 Å². The number of fused-ring (bicyclic) bond motifs is 1. The molecule has 114 valence electrons. The van der Waals surface area contributed by atoms with Crippen molar-refractivity contribution < 1.29 is 13.6 Å². The van der Waals surface area contributed by atoms with Crippen LogP contribution in [0.15, 0.2) is 40.1 Å². The average molecular weight is 317 g/mol. The van der Waals surface area contributed by atoms with Crippen LogP contribution in [0.25, 0.3) is 11.0 Å². The number of benzene rings is 1. The minimum atomic E-state index is -0.454. The first-order valence-electron chi connectivity index (χ1n) is 7.13. The molecule has 22 heavy (non-hydrogen) atoms. The Morgan fingerprint density at radius 1 is 1.36 bits per heavy atom. The van der Waals surface area contributed by atoms with E-state index in [9.17, 15) is 9.18 Å². The van der Waals surface area contributed by atoms with Crippen LogP contribution in [0.3, 0.4) is 0 Å². The largest absolute Gasteiger partial charge is 0.448 e. The second-order valence-corrected chi connectivity index (χ2v) is 6.10. The van der Waals surface area contributed by atoms with Crippen molar-refractivity contribution in [2.45, 2.75) is 26.3 Å². The third kappa shape index (κ3) is 2.52. The molecule has 0 aliphatic heterocycles. The van der Waals surface area contributed by atoms with E-state index in [1.807, 2.05) is 24.4 Å². The zero-order chi connectivity index (χ0) is 15.7. The van der Waals surface area contributed by atoms with Gasteiger partial charge in [-0.1, -0.05) is 25.1 Å². The Kier molecular flexibility index (Phi) is 3.98. The Morgan fingerprint density at radius 3 is 2.82 bits per heavy atom. The number of carbonyl (C=O) groups excluding carboxylic acids is 1. The zero-order valence-corrected chi connectivity index (χ0v) is 13.2. The first kappa shape index (κ1) is 14.8. The van der Waals surface area contributed by atoms with Gasteiger partial charge in [-0.3, -0.25) is 4.79 Å². The summed E-state index contributed by atoms with van der Waals surface area (Å²) in [5.41, 5.74) is 0.794. The van der Waals surface area contributed by atoms with Crippen LogP contribution in [0.2, 0.25) is 0 Å². The molecule has 3 rings (SSSR count). The Morgan fingerprint density at radius 2 is 2.18 bits per heavy atom. The SMILES string of the molecule is CCC(NC(=O)c1oc2c(F)cccc2c1C)c1cccs1. The minimum absolute atomic E-state index is 0.0649. The molecule has 1 amide bonds. The molecule has 1 aromatic carbocycles. The molecule has 1 atom stereocenters. The first-order chi connectivity index (χ1) is 10.6. The first-order valence-corrected chi connectivity index (χ1v) is 8.01. The maximum atomic E-state index is 13.8. The molecule has 0 aliphatic carbocycles. The molecule has 1 unspecified atom stereocenters. The summed E-state index contributed by atoms with van der Waals surface area (Å²) in [5.74, 6) is -0.589. The zero-order valence-electron chi connectivity index (χ0n) is 12.4. The van der Waals surface area contributed by atoms with E-state index in [0.717, 1.165) is 11.3 Å². The van der Waals surface area contributed by atoms with Gasteiger partial charge in [0.2, 0.25) is 0 Å². The van der Waals surface area contributed by atoms with Gasteiger partial charge in [0.15, 0.2) is 17.2 Å². The standard InChI is InChI=1S/C17H16FNO2S/c1-3-13(14-8-5-9-22-14)19-17(20)15-10(2)11-6-4-7-12(18)16(11)21-15/h4-9,13H,3H2,1-2H3,(H,19,20). The van der Waals surface area contributed by atoms with Gasteiger partial charge in [0.25, 0.3) is 5.91 Å². The molecular weight excluding hydrogens is 301 g/mol. The van der Waals surface area contributed by atoms with Gasteiger partial charge in [0.05, 0.1) is 6.04 Å². The van der Waals surface area contributed by atoms with Crippen LogP contribution in [0.1, 0.15) is 40.4 Å². The van der Waals surface area contributed by atoms with Crippen molar-refractivity contribution in [3.05, 3.63) is 57.7 Å². The molecule has 5 heteroatoms. The van der Waals surface area contributed by atoms with E-state index in [2.05, 4.69) is 5.32 Å². The molecule has 0 fully saturated rings. The molecular formula is C17H16FNO2S. The highest BCUT2D eigenvalue weighted by Gasteiger charge is 2.22. The van der Waals surface area contributed by atoms with Gasteiger partial charge >= 0.3 is 0 Å². The smallest absolute Gasteiger partial charge is 0.287 e. The number of hydrogen-bond acceptors (Lipinski definition) is 3. The summed E-state index contributed by atoms with van der Waals surface area (Å²) in [6.07, 6.45) is 0.778. The lowest BCUT2D eigenvalue weighted by molar-refractivity contribution is 0.0909. The van der Waals surface area contributed by atoms with E-state index in [4.69, 9.17) is 4.42 Å². The van der Waals surface area contributed by atoms with Crippen molar-refractivity contribution in [2.24, 2.45) is 0 Å². The molecule has 0 saturated heterocycles. The van der Waals surface area contributed by atoms with Crippen molar-refractivity contribution in [1.29, 1.82) is 0 Å². The van der Waals surface area contributed by atoms with E-state index in [1.54, 1.807) is 30.4 Å². The number of halogens is 1. The summed E-state index contributed by atoms with van der Waals surface area (Å²) in [7, 11) is 0. The minimum Gasteiger partial charge on any atom is -0.448 e. The number of thiophene rings is 1. The molecule has 0 saturated carbocycles. The van der Waals surface area contributed by atoms with Crippen molar-refractivity contribution in [2.75, 3.05) is 0 Å². The molecule has 0 aliphatic rings. The highest BCUT2D eigenvalue weighted by Crippen LogP contribution is 2.28. The molecule has 3 aromatic rings. The van der Waals surface area contributed by atoms with Crippen molar-refractivity contribution in [3.8, 4) is 0 Å². The number of nitrogens with one attached hydrogen (secondary N) is 1. The van der Waals surface area contributed by atoms with Crippen LogP contribution < -0.4 is 5.32 Å². The fourth-order valence-corrected chi connectivity index (χ4v) is 3.37. The number of hydrogen-bond donors (Lipinski definition) is 1. The fourth-order valence-electron chi connectivity index (χ4n) is 2.51. The van der Waals surface area contributed by atoms with Crippen molar-refractivity contribution in [3.63, 3.8) is 0 Å². The second-order valence-electron chi connectivity index (χ2n) is 5.12. The van der Waals surface area contributed by atoms with E-state index < -0.39 is 5.82 Å². The van der Waals surface area contributed by atoms with Crippen molar-refractivity contribution in [1.82, 2.24) is 5.32 Å². The average Bonchev–Trinajstić information content (AvgIpc) is 3.14. The predicted molar refractivity (Wildman–Crippen MR) is 85.7 cm³/mol. The maximum absolute atomic E-state index is 13.8. The van der Waals surface area contributed by atoms with Gasteiger partial charge in [-0.2, -0.15) is 0 Å². The highest BCUT2D eigenvalue weighted by molar-refractivity contribution is 7.10. The van der Waals surface area contributed by atoms with Crippen LogP contribution in [-0.4, -0.2) is 5.91 Å². The van der Waals surface area contributed by atoms with Gasteiger partial charge in [-0.15, -0.1) is 11.3 Å². The summed E-state index contributed by atoms with van der Waals surface area (Å²) in [4.78, 5) is 13.6. The maximum Gasteiger partial charge on any atom is 0.287 e. The van der Waals surface area contributed by atoms with E-state index in [0.29, 0.717) is 10.9 Å². The number of furan rings is 1. The summed E-state index contributed by atoms with van der Waals surface area (Å²) < 4.78 is 19.2. The monoisotopic (exact) mass is 317 g/mol. The predicted octanol–water partition coefficient (Wildman–Crippen LogP) is 4.82. The quantitative estimate of drug-likeness (QED) is 0.749. The third-order valence-electron chi connectivity index (χ3n) is 3.72. The van der Waals surface area contributed by atoms with E-state index in [-0.39, 0.29) is 23.3 Å². The Bertz CT molecular complexity index is 808. The van der Waals surface area contributed by atoms with Gasteiger partial charge in [-0.05, 0) is 30.9 Å². The van der Waals surface area contributed by atoms with Crippen LogP contribution in [0.4, 0.5) is 4.39 Å². The van der Waals surface area contributed by atoms with Gasteiger partial charge in [0, 0.05) is 15.8 Å². The number of para-hydroxylation sites is 1. The molecule has 2 aromatic heterocycles. The lowest BCUT2D eigenvalue weighted by atomic mass is 10.1. The van der Waals surface area contributed by atoms with Crippen molar-refractivity contribution >= 4 is 28.2 Å². The summed E-state index contributed by atoms with van der Waals surface area (Å²) in [6.45, 7) is 3.78. The third-order valence-corrected chi connectivity index (χ3v) is 4.71. The van der Waals surface area contributed by atoms with Crippen LogP contribution in [0, 0.1) is 12.7 Å². The van der Waals surface area contributed by atoms with Gasteiger partial charge < -0.3 is 9.73 Å². The number of rotatable bonds is 4. The van der Waals surface area contributed by atoms with Gasteiger partial charge in [-0.25, -0.2) is 4.39 Å². The molecule has 0 spiro atoms. The molecule has 0 bridgehead atoms. The van der Waals surface area contributed by atoms with Gasteiger partial charge in [0.1, 0.15) is 0 Å². The Hall–Kier alpha value is -2.14. The highest BCUT2D eigenvalue weighted by atomic mass is 32.1. The van der Waals surface area contributed by atoms with Crippen LogP contribution >= 0.6 is 11.3 Å². The second kappa shape index (κ2) is 5.93. The summed E-state index contributed by atoms with van der Waals surface area (Å²) in [5, 5.41) is 5.57. The number of carbonyl (C=O) groups is 1. The Balaban J connectivity index is 1.92. The molecule has 0 radical (unpaired) electrons. The number of amides is 1. The lowest BCUT2D eigenvalue weighted by Gasteiger charge is -2.14. The normalized spacial score (nSPS) is 12.5.